The van der Waals surface area contributed by atoms with Crippen molar-refractivity contribution in [3.63, 3.8) is 0 Å². The van der Waals surface area contributed by atoms with Gasteiger partial charge in [0.1, 0.15) is 0 Å². The molecule has 0 amide bonds. The average Bonchev–Trinajstić information content (AvgIpc) is 3.12. The second kappa shape index (κ2) is 10.6. The summed E-state index contributed by atoms with van der Waals surface area (Å²) in [5, 5.41) is 0. The maximum Gasteiger partial charge on any atom is 0.246 e. The van der Waals surface area contributed by atoms with Crippen LogP contribution in [-0.2, 0) is 0 Å². The SMILES string of the molecule is c1ccc(B2c3ccc(-c4ccccc4)cc3N3c4ccccc4B(c4ccc(-c5ccccc5)cc4)c4cccc2c43)cc1. The van der Waals surface area contributed by atoms with Gasteiger partial charge in [-0.05, 0) is 56.2 Å². The molecule has 0 N–H and O–H groups in total. The molecule has 3 heteroatoms. The fourth-order valence-electron chi connectivity index (χ4n) is 7.60. The number of anilines is 3. The third-order valence-corrected chi connectivity index (χ3v) is 9.61. The van der Waals surface area contributed by atoms with Gasteiger partial charge in [0, 0.05) is 17.1 Å². The number of benzene rings is 7. The van der Waals surface area contributed by atoms with Crippen LogP contribution in [0.25, 0.3) is 22.3 Å². The lowest BCUT2D eigenvalue weighted by Crippen LogP contribution is -2.64. The molecule has 2 aliphatic heterocycles. The fraction of sp³-hybridized carbons (Fsp3) is 0. The van der Waals surface area contributed by atoms with Gasteiger partial charge < -0.3 is 4.90 Å². The van der Waals surface area contributed by atoms with Crippen LogP contribution < -0.4 is 37.7 Å². The van der Waals surface area contributed by atoms with Gasteiger partial charge >= 0.3 is 0 Å². The minimum Gasteiger partial charge on any atom is -0.313 e. The van der Waals surface area contributed by atoms with Crippen LogP contribution >= 0.6 is 0 Å². The van der Waals surface area contributed by atoms with E-state index in [-0.39, 0.29) is 13.4 Å². The van der Waals surface area contributed by atoms with Crippen LogP contribution in [0.2, 0.25) is 0 Å². The normalized spacial score (nSPS) is 12.8. The van der Waals surface area contributed by atoms with Crippen LogP contribution in [0, 0.1) is 0 Å². The highest BCUT2D eigenvalue weighted by Gasteiger charge is 2.43. The smallest absolute Gasteiger partial charge is 0.246 e. The Balaban J connectivity index is 1.28. The number of nitrogens with zero attached hydrogens (tertiary/aromatic N) is 1. The highest BCUT2D eigenvalue weighted by molar-refractivity contribution is 7.02. The van der Waals surface area contributed by atoms with Crippen LogP contribution in [0.5, 0.6) is 0 Å². The minimum absolute atomic E-state index is 0.132. The first-order valence-electron chi connectivity index (χ1n) is 15.8. The standard InChI is InChI=1S/C42H29B2N/c1-4-13-30(14-5-1)32-23-26-35(27-24-32)44-36-19-10-11-22-40(36)45-41-29-33(31-15-6-2-7-16-31)25-28-37(41)43(34-17-8-3-9-18-34)38-20-12-21-39(44)42(38)45/h1-29H. The van der Waals surface area contributed by atoms with Crippen LogP contribution in [-0.4, -0.2) is 13.4 Å². The molecule has 0 atom stereocenters. The average molecular weight is 569 g/mol. The summed E-state index contributed by atoms with van der Waals surface area (Å²) in [6.45, 7) is 0.274. The molecular weight excluding hydrogens is 540 g/mol. The summed E-state index contributed by atoms with van der Waals surface area (Å²) < 4.78 is 0. The van der Waals surface area contributed by atoms with Crippen molar-refractivity contribution in [3.05, 3.63) is 176 Å². The van der Waals surface area contributed by atoms with E-state index in [4.69, 9.17) is 0 Å². The van der Waals surface area contributed by atoms with Crippen molar-refractivity contribution in [1.82, 2.24) is 0 Å². The highest BCUT2D eigenvalue weighted by atomic mass is 15.2. The molecule has 9 rings (SSSR count). The first-order valence-corrected chi connectivity index (χ1v) is 15.8. The van der Waals surface area contributed by atoms with Crippen molar-refractivity contribution in [2.45, 2.75) is 0 Å². The maximum absolute atomic E-state index is 2.55. The van der Waals surface area contributed by atoms with Crippen LogP contribution in [0.15, 0.2) is 176 Å². The largest absolute Gasteiger partial charge is 0.313 e. The van der Waals surface area contributed by atoms with Gasteiger partial charge in [0.25, 0.3) is 0 Å². The third kappa shape index (κ3) is 4.19. The Kier molecular flexibility index (Phi) is 6.09. The molecule has 2 aliphatic rings. The number of fused-ring (bicyclic) bond motifs is 4. The Morgan fingerprint density at radius 1 is 0.311 bits per heavy atom. The van der Waals surface area contributed by atoms with E-state index < -0.39 is 0 Å². The van der Waals surface area contributed by atoms with Crippen LogP contribution in [0.3, 0.4) is 0 Å². The second-order valence-corrected chi connectivity index (χ2v) is 12.1. The van der Waals surface area contributed by atoms with Gasteiger partial charge in [-0.2, -0.15) is 0 Å². The summed E-state index contributed by atoms with van der Waals surface area (Å²) >= 11 is 0. The Morgan fingerprint density at radius 3 is 1.44 bits per heavy atom. The zero-order valence-electron chi connectivity index (χ0n) is 24.8. The Hall–Kier alpha value is -5.53. The molecule has 0 radical (unpaired) electrons. The topological polar surface area (TPSA) is 3.24 Å². The molecular formula is C42H29B2N. The van der Waals surface area contributed by atoms with Crippen molar-refractivity contribution in [1.29, 1.82) is 0 Å². The maximum atomic E-state index is 2.55. The van der Waals surface area contributed by atoms with E-state index in [0.29, 0.717) is 0 Å². The van der Waals surface area contributed by atoms with Crippen molar-refractivity contribution in [2.75, 3.05) is 4.90 Å². The number of hydrogen-bond acceptors (Lipinski definition) is 1. The zero-order chi connectivity index (χ0) is 29.7. The Bertz CT molecular complexity index is 2160. The molecule has 0 aliphatic carbocycles. The van der Waals surface area contributed by atoms with E-state index in [0.717, 1.165) is 0 Å². The van der Waals surface area contributed by atoms with Crippen LogP contribution in [0.1, 0.15) is 0 Å². The lowest BCUT2D eigenvalue weighted by molar-refractivity contribution is 1.30. The van der Waals surface area contributed by atoms with Gasteiger partial charge in [-0.25, -0.2) is 0 Å². The lowest BCUT2D eigenvalue weighted by atomic mass is 9.30. The van der Waals surface area contributed by atoms with Crippen molar-refractivity contribution >= 4 is 63.3 Å². The van der Waals surface area contributed by atoms with Crippen LogP contribution in [0.4, 0.5) is 17.1 Å². The van der Waals surface area contributed by atoms with Gasteiger partial charge in [0.2, 0.25) is 13.4 Å². The molecule has 0 spiro atoms. The predicted octanol–water partition coefficient (Wildman–Crippen LogP) is 6.15. The molecule has 7 aromatic carbocycles. The van der Waals surface area contributed by atoms with Gasteiger partial charge in [-0.15, -0.1) is 0 Å². The summed E-state index contributed by atoms with van der Waals surface area (Å²) in [5.74, 6) is 0. The van der Waals surface area contributed by atoms with Gasteiger partial charge in [-0.3, -0.25) is 0 Å². The first kappa shape index (κ1) is 25.9. The first-order chi connectivity index (χ1) is 22.3. The van der Waals surface area contributed by atoms with Crippen molar-refractivity contribution in [2.24, 2.45) is 0 Å². The second-order valence-electron chi connectivity index (χ2n) is 12.1. The van der Waals surface area contributed by atoms with E-state index in [2.05, 4.69) is 181 Å². The fourth-order valence-corrected chi connectivity index (χ4v) is 7.60. The van der Waals surface area contributed by atoms with E-state index >= 15 is 0 Å². The summed E-state index contributed by atoms with van der Waals surface area (Å²) in [7, 11) is 0. The van der Waals surface area contributed by atoms with E-state index in [1.54, 1.807) is 0 Å². The lowest BCUT2D eigenvalue weighted by Gasteiger charge is -2.44. The van der Waals surface area contributed by atoms with Gasteiger partial charge in [0.05, 0.1) is 0 Å². The van der Waals surface area contributed by atoms with Gasteiger partial charge in [-0.1, -0.05) is 175 Å². The number of rotatable bonds is 4. The molecule has 1 nitrogen and oxygen atoms in total. The molecule has 0 unspecified atom stereocenters. The third-order valence-electron chi connectivity index (χ3n) is 9.61. The summed E-state index contributed by atoms with van der Waals surface area (Å²) in [4.78, 5) is 2.55. The molecule has 0 fully saturated rings. The zero-order valence-corrected chi connectivity index (χ0v) is 24.8. The molecule has 0 saturated carbocycles. The molecule has 2 heterocycles. The molecule has 208 valence electrons. The summed E-state index contributed by atoms with van der Waals surface area (Å²) in [6, 6.07) is 64.7. The molecule has 0 bridgehead atoms. The quantitative estimate of drug-likeness (QED) is 0.230. The number of hydrogen-bond donors (Lipinski definition) is 0. The predicted molar refractivity (Wildman–Crippen MR) is 194 cm³/mol. The summed E-state index contributed by atoms with van der Waals surface area (Å²) in [5.41, 5.74) is 16.8. The molecule has 0 aromatic heterocycles. The molecule has 0 saturated heterocycles. The number of para-hydroxylation sites is 2. The Morgan fingerprint density at radius 2 is 0.778 bits per heavy atom. The van der Waals surface area contributed by atoms with E-state index in [1.165, 1.54) is 72.1 Å². The summed E-state index contributed by atoms with van der Waals surface area (Å²) in [6.07, 6.45) is 0. The van der Waals surface area contributed by atoms with Gasteiger partial charge in [0.15, 0.2) is 0 Å². The van der Waals surface area contributed by atoms with E-state index in [1.807, 2.05) is 0 Å². The molecule has 45 heavy (non-hydrogen) atoms. The monoisotopic (exact) mass is 569 g/mol. The molecule has 7 aromatic rings. The highest BCUT2D eigenvalue weighted by Crippen LogP contribution is 2.39. The Labute approximate surface area is 265 Å². The van der Waals surface area contributed by atoms with Crippen molar-refractivity contribution < 1.29 is 0 Å². The van der Waals surface area contributed by atoms with E-state index in [9.17, 15) is 0 Å². The van der Waals surface area contributed by atoms with Crippen molar-refractivity contribution in [3.8, 4) is 22.3 Å². The minimum atomic E-state index is 0.132.